The van der Waals surface area contributed by atoms with Crippen LogP contribution >= 0.6 is 11.6 Å². The lowest BCUT2D eigenvalue weighted by Crippen LogP contribution is -2.45. The minimum Gasteiger partial charge on any atom is -0.493 e. The highest BCUT2D eigenvalue weighted by molar-refractivity contribution is 6.32. The minimum atomic E-state index is -0.0161. The molecule has 0 radical (unpaired) electrons. The Kier molecular flexibility index (Phi) is 6.52. The molecule has 0 spiro atoms. The summed E-state index contributed by atoms with van der Waals surface area (Å²) in [6, 6.07) is 3.60. The first-order chi connectivity index (χ1) is 13.1. The third-order valence-electron chi connectivity index (χ3n) is 4.39. The molecule has 0 aliphatic carbocycles. The second-order valence-electron chi connectivity index (χ2n) is 6.32. The number of rotatable bonds is 7. The molecular weight excluding hydrogens is 372 g/mol. The first-order valence-electron chi connectivity index (χ1n) is 8.85. The summed E-state index contributed by atoms with van der Waals surface area (Å²) < 4.78 is 15.8. The average Bonchev–Trinajstić information content (AvgIpc) is 3.15. The van der Waals surface area contributed by atoms with Crippen LogP contribution in [-0.2, 0) is 11.2 Å². The largest absolute Gasteiger partial charge is 0.493 e. The number of halogens is 1. The topological polar surface area (TPSA) is 98.5 Å². The molecule has 3 rings (SSSR count). The number of hydrogen-bond acceptors (Lipinski definition) is 7. The molecule has 0 bridgehead atoms. The predicted octanol–water partition coefficient (Wildman–Crippen LogP) is 2.21. The summed E-state index contributed by atoms with van der Waals surface area (Å²) in [7, 11) is 3.05. The van der Waals surface area contributed by atoms with Crippen LogP contribution in [-0.4, -0.2) is 49.4 Å². The Morgan fingerprint density at radius 1 is 1.41 bits per heavy atom. The first kappa shape index (κ1) is 19.4. The van der Waals surface area contributed by atoms with Crippen molar-refractivity contribution in [1.29, 1.82) is 0 Å². The van der Waals surface area contributed by atoms with Gasteiger partial charge >= 0.3 is 0 Å². The number of piperidine rings is 1. The molecule has 8 nitrogen and oxygen atoms in total. The lowest BCUT2D eigenvalue weighted by Gasteiger charge is -2.23. The summed E-state index contributed by atoms with van der Waals surface area (Å²) in [5.41, 5.74) is 0.644. The van der Waals surface area contributed by atoms with Crippen molar-refractivity contribution in [3.63, 3.8) is 0 Å². The Hall–Kier alpha value is -2.32. The van der Waals surface area contributed by atoms with E-state index in [2.05, 4.69) is 20.8 Å². The molecule has 2 heterocycles. The van der Waals surface area contributed by atoms with E-state index in [-0.39, 0.29) is 11.9 Å². The normalized spacial score (nSPS) is 16.8. The van der Waals surface area contributed by atoms with E-state index < -0.39 is 0 Å². The minimum absolute atomic E-state index is 0.0161. The van der Waals surface area contributed by atoms with Gasteiger partial charge in [-0.15, -0.1) is 0 Å². The molecule has 1 aliphatic heterocycles. The van der Waals surface area contributed by atoms with Crippen molar-refractivity contribution >= 4 is 17.5 Å². The summed E-state index contributed by atoms with van der Waals surface area (Å²) in [6.07, 6.45) is 2.75. The average molecular weight is 395 g/mol. The molecule has 1 saturated heterocycles. The summed E-state index contributed by atoms with van der Waals surface area (Å²) in [5.74, 6) is 1.68. The zero-order valence-corrected chi connectivity index (χ0v) is 16.1. The summed E-state index contributed by atoms with van der Waals surface area (Å²) >= 11 is 6.22. The number of aryl methyl sites for hydroxylation is 1. The Bertz CT molecular complexity index is 790. The van der Waals surface area contributed by atoms with Crippen molar-refractivity contribution in [2.75, 3.05) is 27.3 Å². The zero-order chi connectivity index (χ0) is 19.2. The van der Waals surface area contributed by atoms with Crippen molar-refractivity contribution in [3.8, 4) is 22.9 Å². The molecule has 1 aliphatic rings. The van der Waals surface area contributed by atoms with E-state index in [4.69, 9.17) is 25.6 Å². The highest BCUT2D eigenvalue weighted by atomic mass is 35.5. The van der Waals surface area contributed by atoms with Crippen LogP contribution in [0.5, 0.6) is 11.5 Å². The van der Waals surface area contributed by atoms with E-state index in [1.165, 1.54) is 14.2 Å². The van der Waals surface area contributed by atoms with E-state index in [9.17, 15) is 4.79 Å². The number of nitrogens with one attached hydrogen (secondary N) is 2. The number of methoxy groups -OCH3 is 2. The molecule has 2 aromatic rings. The molecule has 1 fully saturated rings. The van der Waals surface area contributed by atoms with Crippen LogP contribution in [0.3, 0.4) is 0 Å². The zero-order valence-electron chi connectivity index (χ0n) is 15.4. The summed E-state index contributed by atoms with van der Waals surface area (Å²) in [6.45, 7) is 1.83. The molecule has 9 heteroatoms. The van der Waals surface area contributed by atoms with Gasteiger partial charge in [0.1, 0.15) is 0 Å². The maximum absolute atomic E-state index is 12.1. The second kappa shape index (κ2) is 9.05. The van der Waals surface area contributed by atoms with Crippen LogP contribution in [0, 0.1) is 0 Å². The van der Waals surface area contributed by atoms with Crippen molar-refractivity contribution in [2.45, 2.75) is 31.7 Å². The molecule has 27 heavy (non-hydrogen) atoms. The van der Waals surface area contributed by atoms with Crippen LogP contribution in [0.25, 0.3) is 11.4 Å². The van der Waals surface area contributed by atoms with Crippen LogP contribution in [0.1, 0.15) is 25.2 Å². The Balaban J connectivity index is 1.61. The molecule has 2 N–H and O–H groups in total. The van der Waals surface area contributed by atoms with Crippen LogP contribution < -0.4 is 20.1 Å². The van der Waals surface area contributed by atoms with Gasteiger partial charge in [0.2, 0.25) is 17.6 Å². The molecule has 1 aromatic heterocycles. The Labute approximate surface area is 162 Å². The third-order valence-corrected chi connectivity index (χ3v) is 4.67. The van der Waals surface area contributed by atoms with Gasteiger partial charge in [0.15, 0.2) is 11.5 Å². The van der Waals surface area contributed by atoms with Gasteiger partial charge in [-0.3, -0.25) is 4.79 Å². The molecular formula is C18H23ClN4O4. The van der Waals surface area contributed by atoms with E-state index in [0.717, 1.165) is 25.9 Å². The van der Waals surface area contributed by atoms with Gasteiger partial charge in [-0.2, -0.15) is 4.98 Å². The van der Waals surface area contributed by atoms with E-state index in [0.29, 0.717) is 46.6 Å². The van der Waals surface area contributed by atoms with Crippen molar-refractivity contribution in [1.82, 2.24) is 20.8 Å². The van der Waals surface area contributed by atoms with Crippen LogP contribution in [0.2, 0.25) is 5.02 Å². The number of carbonyl (C=O) groups is 1. The fraction of sp³-hybridized carbons (Fsp3) is 0.500. The number of benzene rings is 1. The van der Waals surface area contributed by atoms with Crippen molar-refractivity contribution in [2.24, 2.45) is 0 Å². The van der Waals surface area contributed by atoms with Gasteiger partial charge in [-0.05, 0) is 31.5 Å². The standard InChI is InChI=1S/C18H23ClN4O4/c1-25-14-9-11(8-13(19)17(14)26-2)18-22-16(27-23-18)6-5-15(24)21-12-4-3-7-20-10-12/h8-9,12,20H,3-7,10H2,1-2H3,(H,21,24). The van der Waals surface area contributed by atoms with E-state index in [1.807, 2.05) is 0 Å². The molecule has 146 valence electrons. The summed E-state index contributed by atoms with van der Waals surface area (Å²) in [5, 5.41) is 10.7. The van der Waals surface area contributed by atoms with Crippen LogP contribution in [0.4, 0.5) is 0 Å². The van der Waals surface area contributed by atoms with Gasteiger partial charge in [-0.25, -0.2) is 0 Å². The van der Waals surface area contributed by atoms with Gasteiger partial charge in [0.05, 0.1) is 19.2 Å². The lowest BCUT2D eigenvalue weighted by atomic mass is 10.1. The second-order valence-corrected chi connectivity index (χ2v) is 6.72. The predicted molar refractivity (Wildman–Crippen MR) is 100 cm³/mol. The van der Waals surface area contributed by atoms with E-state index >= 15 is 0 Å². The number of ether oxygens (including phenoxy) is 2. The number of hydrogen-bond donors (Lipinski definition) is 2. The molecule has 1 aromatic carbocycles. The molecule has 1 unspecified atom stereocenters. The van der Waals surface area contributed by atoms with Crippen LogP contribution in [0.15, 0.2) is 16.7 Å². The highest BCUT2D eigenvalue weighted by Crippen LogP contribution is 2.38. The maximum atomic E-state index is 12.1. The highest BCUT2D eigenvalue weighted by Gasteiger charge is 2.18. The van der Waals surface area contributed by atoms with Gasteiger partial charge in [0.25, 0.3) is 0 Å². The fourth-order valence-electron chi connectivity index (χ4n) is 3.02. The number of nitrogens with zero attached hydrogens (tertiary/aromatic N) is 2. The van der Waals surface area contributed by atoms with Gasteiger partial charge in [0, 0.05) is 31.0 Å². The number of amides is 1. The van der Waals surface area contributed by atoms with E-state index in [1.54, 1.807) is 12.1 Å². The molecule has 1 atom stereocenters. The monoisotopic (exact) mass is 394 g/mol. The quantitative estimate of drug-likeness (QED) is 0.742. The number of carbonyl (C=O) groups excluding carboxylic acids is 1. The van der Waals surface area contributed by atoms with Crippen molar-refractivity contribution < 1.29 is 18.8 Å². The lowest BCUT2D eigenvalue weighted by molar-refractivity contribution is -0.121. The smallest absolute Gasteiger partial charge is 0.227 e. The van der Waals surface area contributed by atoms with Crippen molar-refractivity contribution in [3.05, 3.63) is 23.0 Å². The SMILES string of the molecule is COc1cc(-c2noc(CCC(=O)NC3CCCNC3)n2)cc(Cl)c1OC. The molecule has 0 saturated carbocycles. The third kappa shape index (κ3) is 4.90. The first-order valence-corrected chi connectivity index (χ1v) is 9.23. The maximum Gasteiger partial charge on any atom is 0.227 e. The van der Waals surface area contributed by atoms with Gasteiger partial charge in [-0.1, -0.05) is 16.8 Å². The Morgan fingerprint density at radius 2 is 2.26 bits per heavy atom. The fourth-order valence-corrected chi connectivity index (χ4v) is 3.30. The Morgan fingerprint density at radius 3 is 2.96 bits per heavy atom. The molecule has 1 amide bonds. The van der Waals surface area contributed by atoms with Gasteiger partial charge < -0.3 is 24.6 Å². The summed E-state index contributed by atoms with van der Waals surface area (Å²) in [4.78, 5) is 16.4. The number of aromatic nitrogens is 2.